The van der Waals surface area contributed by atoms with Gasteiger partial charge in [0.25, 0.3) is 0 Å². The lowest BCUT2D eigenvalue weighted by molar-refractivity contribution is 1.14. The Bertz CT molecular complexity index is 233. The lowest BCUT2D eigenvalue weighted by Crippen LogP contribution is -1.87. The first-order chi connectivity index (χ1) is 4.74. The predicted molar refractivity (Wildman–Crippen MR) is 45.2 cm³/mol. The molecule has 0 fully saturated rings. The predicted octanol–water partition coefficient (Wildman–Crippen LogP) is 2.48. The molecular formula is C8H10ClN. The molecule has 0 radical (unpaired) electrons. The standard InChI is InChI=1S/C8H10ClN/c1-2-6-3-4-8(10)7(9)5-6/h3-5H,2,10H2,1H3. The molecule has 0 saturated heterocycles. The molecule has 2 N–H and O–H groups in total. The number of benzene rings is 1. The molecular weight excluding hydrogens is 146 g/mol. The van der Waals surface area contributed by atoms with Gasteiger partial charge in [-0.25, -0.2) is 0 Å². The smallest absolute Gasteiger partial charge is 0.0638 e. The summed E-state index contributed by atoms with van der Waals surface area (Å²) in [6.45, 7) is 2.09. The Morgan fingerprint density at radius 1 is 1.50 bits per heavy atom. The van der Waals surface area contributed by atoms with Gasteiger partial charge < -0.3 is 5.73 Å². The van der Waals surface area contributed by atoms with Crippen molar-refractivity contribution in [3.05, 3.63) is 28.8 Å². The van der Waals surface area contributed by atoms with E-state index >= 15 is 0 Å². The minimum Gasteiger partial charge on any atom is -0.398 e. The Labute approximate surface area is 65.8 Å². The lowest BCUT2D eigenvalue weighted by Gasteiger charge is -1.99. The van der Waals surface area contributed by atoms with Gasteiger partial charge in [0.2, 0.25) is 0 Å². The van der Waals surface area contributed by atoms with Crippen molar-refractivity contribution >= 4 is 17.3 Å². The van der Waals surface area contributed by atoms with E-state index in [0.717, 1.165) is 6.42 Å². The second-order valence-corrected chi connectivity index (χ2v) is 2.62. The van der Waals surface area contributed by atoms with E-state index in [-0.39, 0.29) is 0 Å². The van der Waals surface area contributed by atoms with E-state index in [1.165, 1.54) is 5.56 Å². The van der Waals surface area contributed by atoms with Crippen molar-refractivity contribution in [1.29, 1.82) is 0 Å². The molecule has 2 heteroatoms. The Morgan fingerprint density at radius 3 is 2.70 bits per heavy atom. The lowest BCUT2D eigenvalue weighted by atomic mass is 10.1. The van der Waals surface area contributed by atoms with Crippen LogP contribution in [0.3, 0.4) is 0 Å². The number of anilines is 1. The highest BCUT2D eigenvalue weighted by molar-refractivity contribution is 6.33. The summed E-state index contributed by atoms with van der Waals surface area (Å²) in [7, 11) is 0. The number of halogens is 1. The van der Waals surface area contributed by atoms with Crippen molar-refractivity contribution in [3.8, 4) is 0 Å². The number of hydrogen-bond acceptors (Lipinski definition) is 1. The third-order valence-corrected chi connectivity index (χ3v) is 1.80. The molecule has 0 aliphatic heterocycles. The second kappa shape index (κ2) is 2.93. The SMILES string of the molecule is CCc1ccc(N)c(Cl)c1. The highest BCUT2D eigenvalue weighted by atomic mass is 35.5. The van der Waals surface area contributed by atoms with E-state index in [9.17, 15) is 0 Å². The molecule has 1 rings (SSSR count). The van der Waals surface area contributed by atoms with Crippen molar-refractivity contribution in [3.63, 3.8) is 0 Å². The van der Waals surface area contributed by atoms with Crippen LogP contribution in [-0.2, 0) is 6.42 Å². The Morgan fingerprint density at radius 2 is 2.20 bits per heavy atom. The molecule has 0 unspecified atom stereocenters. The number of aryl methyl sites for hydroxylation is 1. The van der Waals surface area contributed by atoms with E-state index in [2.05, 4.69) is 6.92 Å². The first-order valence-electron chi connectivity index (χ1n) is 3.28. The second-order valence-electron chi connectivity index (χ2n) is 2.21. The third-order valence-electron chi connectivity index (χ3n) is 1.47. The van der Waals surface area contributed by atoms with Gasteiger partial charge in [0, 0.05) is 0 Å². The molecule has 0 spiro atoms. The fraction of sp³-hybridized carbons (Fsp3) is 0.250. The first-order valence-corrected chi connectivity index (χ1v) is 3.65. The summed E-state index contributed by atoms with van der Waals surface area (Å²) < 4.78 is 0. The molecule has 0 saturated carbocycles. The zero-order chi connectivity index (χ0) is 7.56. The normalized spacial score (nSPS) is 9.80. The first kappa shape index (κ1) is 7.42. The summed E-state index contributed by atoms with van der Waals surface area (Å²) in [4.78, 5) is 0. The van der Waals surface area contributed by atoms with Crippen LogP contribution in [0.1, 0.15) is 12.5 Å². The summed E-state index contributed by atoms with van der Waals surface area (Å²) >= 11 is 5.77. The van der Waals surface area contributed by atoms with Gasteiger partial charge in [0.1, 0.15) is 0 Å². The van der Waals surface area contributed by atoms with Crippen LogP contribution < -0.4 is 5.73 Å². The molecule has 10 heavy (non-hydrogen) atoms. The van der Waals surface area contributed by atoms with Gasteiger partial charge in [0.05, 0.1) is 10.7 Å². The van der Waals surface area contributed by atoms with Crippen molar-refractivity contribution < 1.29 is 0 Å². The zero-order valence-corrected chi connectivity index (χ0v) is 6.65. The number of hydrogen-bond donors (Lipinski definition) is 1. The highest BCUT2D eigenvalue weighted by Crippen LogP contribution is 2.19. The van der Waals surface area contributed by atoms with E-state index in [4.69, 9.17) is 17.3 Å². The maximum Gasteiger partial charge on any atom is 0.0638 e. The topological polar surface area (TPSA) is 26.0 Å². The van der Waals surface area contributed by atoms with E-state index in [1.807, 2.05) is 18.2 Å². The summed E-state index contributed by atoms with van der Waals surface area (Å²) in [5.41, 5.74) is 7.38. The summed E-state index contributed by atoms with van der Waals surface area (Å²) in [6, 6.07) is 5.72. The van der Waals surface area contributed by atoms with Crippen LogP contribution in [-0.4, -0.2) is 0 Å². The van der Waals surface area contributed by atoms with Crippen molar-refractivity contribution in [2.75, 3.05) is 5.73 Å². The number of rotatable bonds is 1. The van der Waals surface area contributed by atoms with Crippen molar-refractivity contribution in [2.24, 2.45) is 0 Å². The fourth-order valence-electron chi connectivity index (χ4n) is 0.791. The van der Waals surface area contributed by atoms with Crippen LogP contribution in [0.2, 0.25) is 5.02 Å². The molecule has 1 aromatic rings. The van der Waals surface area contributed by atoms with Crippen LogP contribution in [0, 0.1) is 0 Å². The van der Waals surface area contributed by atoms with Gasteiger partial charge >= 0.3 is 0 Å². The monoisotopic (exact) mass is 155 g/mol. The number of nitrogen functional groups attached to an aromatic ring is 1. The van der Waals surface area contributed by atoms with E-state index in [0.29, 0.717) is 10.7 Å². The van der Waals surface area contributed by atoms with Gasteiger partial charge in [-0.1, -0.05) is 24.6 Å². The molecule has 1 nitrogen and oxygen atoms in total. The molecule has 0 amide bonds. The third kappa shape index (κ3) is 1.42. The fourth-order valence-corrected chi connectivity index (χ4v) is 0.994. The maximum atomic E-state index is 5.77. The molecule has 0 bridgehead atoms. The molecule has 0 atom stereocenters. The van der Waals surface area contributed by atoms with Crippen molar-refractivity contribution in [2.45, 2.75) is 13.3 Å². The largest absolute Gasteiger partial charge is 0.398 e. The number of nitrogens with two attached hydrogens (primary N) is 1. The minimum atomic E-state index is 0.652. The van der Waals surface area contributed by atoms with Gasteiger partial charge in [-0.3, -0.25) is 0 Å². The summed E-state index contributed by atoms with van der Waals surface area (Å²) in [5.74, 6) is 0. The van der Waals surface area contributed by atoms with Crippen LogP contribution in [0.25, 0.3) is 0 Å². The van der Waals surface area contributed by atoms with E-state index < -0.39 is 0 Å². The Hall–Kier alpha value is -0.690. The zero-order valence-electron chi connectivity index (χ0n) is 5.89. The Kier molecular flexibility index (Phi) is 2.17. The average Bonchev–Trinajstić information content (AvgIpc) is 1.95. The molecule has 1 aromatic carbocycles. The minimum absolute atomic E-state index is 0.652. The highest BCUT2D eigenvalue weighted by Gasteiger charge is 1.94. The maximum absolute atomic E-state index is 5.77. The molecule has 0 heterocycles. The van der Waals surface area contributed by atoms with Gasteiger partial charge in [0.15, 0.2) is 0 Å². The average molecular weight is 156 g/mol. The molecule has 0 aliphatic rings. The van der Waals surface area contributed by atoms with Crippen LogP contribution >= 0.6 is 11.6 Å². The molecule has 54 valence electrons. The van der Waals surface area contributed by atoms with Crippen LogP contribution in [0.4, 0.5) is 5.69 Å². The quantitative estimate of drug-likeness (QED) is 0.620. The Balaban J connectivity index is 3.04. The van der Waals surface area contributed by atoms with Gasteiger partial charge in [-0.05, 0) is 24.1 Å². The van der Waals surface area contributed by atoms with Crippen LogP contribution in [0.5, 0.6) is 0 Å². The van der Waals surface area contributed by atoms with Crippen LogP contribution in [0.15, 0.2) is 18.2 Å². The molecule has 0 aliphatic carbocycles. The molecule has 0 aromatic heterocycles. The van der Waals surface area contributed by atoms with Crippen molar-refractivity contribution in [1.82, 2.24) is 0 Å². The summed E-state index contributed by atoms with van der Waals surface area (Å²) in [6.07, 6.45) is 1.00. The van der Waals surface area contributed by atoms with Gasteiger partial charge in [-0.2, -0.15) is 0 Å². The summed E-state index contributed by atoms with van der Waals surface area (Å²) in [5, 5.41) is 0.652. The van der Waals surface area contributed by atoms with E-state index in [1.54, 1.807) is 0 Å². The van der Waals surface area contributed by atoms with Gasteiger partial charge in [-0.15, -0.1) is 0 Å².